The van der Waals surface area contributed by atoms with Gasteiger partial charge in [-0.3, -0.25) is 14.9 Å². The molecule has 3 N–H and O–H groups in total. The standard InChI is InChI=1S/C34H32FN7O2/c1-42(2)10-11-44-26-14-22(12-24(35)16-26)27-8-9-37-33-28(27)17-31(39-33)32-29-15-21(6-7-30(29)40-41-32)23-13-25(19-36-18-23)38-34(43)20-4-3-5-20/h6-9,12-20H,3-5,10-11H2,1-2H3,(H,37,39)(H,38,43)(H,40,41). The summed E-state index contributed by atoms with van der Waals surface area (Å²) >= 11 is 0. The average molecular weight is 590 g/mol. The van der Waals surface area contributed by atoms with E-state index >= 15 is 0 Å². The molecule has 222 valence electrons. The van der Waals surface area contributed by atoms with E-state index in [1.54, 1.807) is 18.6 Å². The minimum Gasteiger partial charge on any atom is -0.492 e. The molecule has 1 aliphatic carbocycles. The number of hydrogen-bond acceptors (Lipinski definition) is 6. The monoisotopic (exact) mass is 589 g/mol. The van der Waals surface area contributed by atoms with Crippen LogP contribution in [0.1, 0.15) is 19.3 Å². The number of benzene rings is 2. The maximum absolute atomic E-state index is 14.7. The predicted octanol–water partition coefficient (Wildman–Crippen LogP) is 6.65. The van der Waals surface area contributed by atoms with Gasteiger partial charge in [0.05, 0.1) is 23.1 Å². The third-order valence-corrected chi connectivity index (χ3v) is 8.15. The second kappa shape index (κ2) is 11.5. The van der Waals surface area contributed by atoms with E-state index in [0.29, 0.717) is 29.3 Å². The van der Waals surface area contributed by atoms with Crippen LogP contribution in [-0.2, 0) is 4.79 Å². The van der Waals surface area contributed by atoms with Crippen molar-refractivity contribution in [2.24, 2.45) is 5.92 Å². The van der Waals surface area contributed by atoms with Gasteiger partial charge in [0, 0.05) is 47.3 Å². The minimum atomic E-state index is -0.366. The number of pyridine rings is 2. The van der Waals surface area contributed by atoms with Gasteiger partial charge in [0.1, 0.15) is 29.5 Å². The average Bonchev–Trinajstić information content (AvgIpc) is 3.59. The molecule has 0 saturated heterocycles. The zero-order valence-electron chi connectivity index (χ0n) is 24.5. The number of likely N-dealkylation sites (N-methyl/N-ethyl adjacent to an activating group) is 1. The molecule has 44 heavy (non-hydrogen) atoms. The summed E-state index contributed by atoms with van der Waals surface area (Å²) in [6.07, 6.45) is 8.16. The highest BCUT2D eigenvalue weighted by atomic mass is 19.1. The number of nitrogens with one attached hydrogen (secondary N) is 3. The Hall–Kier alpha value is -5.09. The lowest BCUT2D eigenvalue weighted by atomic mass is 9.85. The maximum atomic E-state index is 14.7. The fraction of sp³-hybridized carbons (Fsp3) is 0.235. The summed E-state index contributed by atoms with van der Waals surface area (Å²) in [6, 6.07) is 16.6. The molecule has 6 aromatic rings. The Bertz CT molecular complexity index is 1990. The number of rotatable bonds is 9. The van der Waals surface area contributed by atoms with E-state index in [0.717, 1.165) is 70.2 Å². The Morgan fingerprint density at radius 3 is 2.73 bits per heavy atom. The molecule has 4 heterocycles. The van der Waals surface area contributed by atoms with Crippen molar-refractivity contribution in [2.75, 3.05) is 32.6 Å². The van der Waals surface area contributed by atoms with Gasteiger partial charge in [-0.1, -0.05) is 12.5 Å². The van der Waals surface area contributed by atoms with Gasteiger partial charge in [-0.2, -0.15) is 5.10 Å². The van der Waals surface area contributed by atoms with Gasteiger partial charge in [-0.15, -0.1) is 0 Å². The highest BCUT2D eigenvalue weighted by molar-refractivity contribution is 6.01. The number of aromatic nitrogens is 5. The smallest absolute Gasteiger partial charge is 0.227 e. The molecule has 9 nitrogen and oxygen atoms in total. The number of amides is 1. The van der Waals surface area contributed by atoms with E-state index in [1.165, 1.54) is 12.1 Å². The summed E-state index contributed by atoms with van der Waals surface area (Å²) in [5.41, 5.74) is 7.12. The van der Waals surface area contributed by atoms with Crippen molar-refractivity contribution >= 4 is 33.5 Å². The summed E-state index contributed by atoms with van der Waals surface area (Å²) in [4.78, 5) is 26.8. The Morgan fingerprint density at radius 2 is 1.91 bits per heavy atom. The van der Waals surface area contributed by atoms with Gasteiger partial charge in [-0.25, -0.2) is 9.37 Å². The normalized spacial score (nSPS) is 13.5. The van der Waals surface area contributed by atoms with Crippen molar-refractivity contribution in [1.29, 1.82) is 0 Å². The molecule has 0 unspecified atom stereocenters. The molecule has 0 spiro atoms. The molecule has 0 bridgehead atoms. The van der Waals surface area contributed by atoms with E-state index in [9.17, 15) is 9.18 Å². The van der Waals surface area contributed by atoms with E-state index in [-0.39, 0.29) is 17.6 Å². The van der Waals surface area contributed by atoms with Crippen LogP contribution in [0.25, 0.3) is 55.6 Å². The number of hydrogen-bond donors (Lipinski definition) is 3. The van der Waals surface area contributed by atoms with E-state index in [1.807, 2.05) is 55.4 Å². The Balaban J connectivity index is 1.21. The van der Waals surface area contributed by atoms with Crippen LogP contribution in [0.15, 0.2) is 73.2 Å². The minimum absolute atomic E-state index is 0.0564. The van der Waals surface area contributed by atoms with Gasteiger partial charge in [0.15, 0.2) is 0 Å². The molecule has 4 aromatic heterocycles. The molecule has 1 fully saturated rings. The summed E-state index contributed by atoms with van der Waals surface area (Å²) < 4.78 is 20.5. The number of H-pyrrole nitrogens is 2. The molecule has 10 heteroatoms. The number of fused-ring (bicyclic) bond motifs is 2. The first-order chi connectivity index (χ1) is 21.4. The second-order valence-corrected chi connectivity index (χ2v) is 11.5. The summed E-state index contributed by atoms with van der Waals surface area (Å²) in [6.45, 7) is 1.18. The van der Waals surface area contributed by atoms with Crippen LogP contribution >= 0.6 is 0 Å². The van der Waals surface area contributed by atoms with Crippen LogP contribution in [0.3, 0.4) is 0 Å². The lowest BCUT2D eigenvalue weighted by molar-refractivity contribution is -0.122. The first-order valence-electron chi connectivity index (χ1n) is 14.7. The molecule has 1 saturated carbocycles. The fourth-order valence-electron chi connectivity index (χ4n) is 5.53. The van der Waals surface area contributed by atoms with Crippen LogP contribution < -0.4 is 10.1 Å². The van der Waals surface area contributed by atoms with E-state index < -0.39 is 0 Å². The van der Waals surface area contributed by atoms with Crippen LogP contribution in [0.4, 0.5) is 10.1 Å². The topological polar surface area (TPSA) is 112 Å². The third-order valence-electron chi connectivity index (χ3n) is 8.15. The SMILES string of the molecule is CN(C)CCOc1cc(F)cc(-c2ccnc3[nH]c(-c4n[nH]c5ccc(-c6cncc(NC(=O)C7CCC7)c6)cc45)cc23)c1. The summed E-state index contributed by atoms with van der Waals surface area (Å²) in [5.74, 6) is 0.268. The van der Waals surface area contributed by atoms with Gasteiger partial charge < -0.3 is 19.9 Å². The lowest BCUT2D eigenvalue weighted by Crippen LogP contribution is -2.28. The molecule has 2 aromatic carbocycles. The Morgan fingerprint density at radius 1 is 1.02 bits per heavy atom. The van der Waals surface area contributed by atoms with E-state index in [4.69, 9.17) is 4.74 Å². The third kappa shape index (κ3) is 5.51. The van der Waals surface area contributed by atoms with Crippen molar-refractivity contribution in [3.8, 4) is 39.4 Å². The molecule has 0 aliphatic heterocycles. The predicted molar refractivity (Wildman–Crippen MR) is 170 cm³/mol. The fourth-order valence-corrected chi connectivity index (χ4v) is 5.53. The molecule has 0 radical (unpaired) electrons. The second-order valence-electron chi connectivity index (χ2n) is 11.5. The number of halogens is 1. The number of aromatic amines is 2. The molecular weight excluding hydrogens is 557 g/mol. The van der Waals surface area contributed by atoms with Gasteiger partial charge in [-0.05, 0) is 86.1 Å². The number of carbonyl (C=O) groups excluding carboxylic acids is 1. The first-order valence-corrected chi connectivity index (χ1v) is 14.7. The van der Waals surface area contributed by atoms with Gasteiger partial charge in [0.25, 0.3) is 0 Å². The maximum Gasteiger partial charge on any atom is 0.227 e. The number of anilines is 1. The lowest BCUT2D eigenvalue weighted by Gasteiger charge is -2.24. The zero-order chi connectivity index (χ0) is 30.2. The van der Waals surface area contributed by atoms with Crippen molar-refractivity contribution in [1.82, 2.24) is 30.0 Å². The van der Waals surface area contributed by atoms with Crippen LogP contribution in [0, 0.1) is 11.7 Å². The number of ether oxygens (including phenoxy) is 1. The quantitative estimate of drug-likeness (QED) is 0.174. The van der Waals surface area contributed by atoms with Gasteiger partial charge in [0.2, 0.25) is 5.91 Å². The molecule has 1 aliphatic rings. The highest BCUT2D eigenvalue weighted by Gasteiger charge is 2.25. The van der Waals surface area contributed by atoms with Crippen LogP contribution in [0.5, 0.6) is 5.75 Å². The number of nitrogens with zero attached hydrogens (tertiary/aromatic N) is 4. The molecule has 7 rings (SSSR count). The Kier molecular flexibility index (Phi) is 7.27. The Labute approximate surface area is 253 Å². The van der Waals surface area contributed by atoms with Gasteiger partial charge >= 0.3 is 0 Å². The zero-order valence-corrected chi connectivity index (χ0v) is 24.5. The van der Waals surface area contributed by atoms with Crippen LogP contribution in [-0.4, -0.2) is 63.2 Å². The van der Waals surface area contributed by atoms with Crippen molar-refractivity contribution in [3.05, 3.63) is 79.0 Å². The molecule has 0 atom stereocenters. The van der Waals surface area contributed by atoms with Crippen molar-refractivity contribution in [3.63, 3.8) is 0 Å². The van der Waals surface area contributed by atoms with Crippen molar-refractivity contribution < 1.29 is 13.9 Å². The summed E-state index contributed by atoms with van der Waals surface area (Å²) in [5, 5.41) is 12.5. The first kappa shape index (κ1) is 27.7. The summed E-state index contributed by atoms with van der Waals surface area (Å²) in [7, 11) is 3.93. The molecule has 1 amide bonds. The van der Waals surface area contributed by atoms with Crippen LogP contribution in [0.2, 0.25) is 0 Å². The number of carbonyl (C=O) groups is 1. The van der Waals surface area contributed by atoms with Crippen molar-refractivity contribution in [2.45, 2.75) is 19.3 Å². The molecular formula is C34H32FN7O2. The largest absolute Gasteiger partial charge is 0.492 e. The van der Waals surface area contributed by atoms with E-state index in [2.05, 4.69) is 36.5 Å². The highest BCUT2D eigenvalue weighted by Crippen LogP contribution is 2.36.